The number of hydrogen-bond acceptors (Lipinski definition) is 4. The van der Waals surface area contributed by atoms with Gasteiger partial charge in [0.25, 0.3) is 0 Å². The highest BCUT2D eigenvalue weighted by Gasteiger charge is 2.23. The number of carbonyl (C=O) groups excluding carboxylic acids is 1. The minimum atomic E-state index is 0.0639. The van der Waals surface area contributed by atoms with Crippen LogP contribution < -0.4 is 10.6 Å². The zero-order valence-electron chi connectivity index (χ0n) is 11.9. The molecule has 0 aromatic carbocycles. The van der Waals surface area contributed by atoms with Gasteiger partial charge in [0.15, 0.2) is 0 Å². The van der Waals surface area contributed by atoms with Crippen LogP contribution in [-0.4, -0.2) is 42.0 Å². The molecule has 110 valence electrons. The molecule has 1 amide bonds. The van der Waals surface area contributed by atoms with Gasteiger partial charge in [-0.1, -0.05) is 11.6 Å². The van der Waals surface area contributed by atoms with Crippen molar-refractivity contribution in [1.29, 1.82) is 0 Å². The van der Waals surface area contributed by atoms with E-state index in [1.54, 1.807) is 0 Å². The first-order valence-corrected chi connectivity index (χ1v) is 7.33. The van der Waals surface area contributed by atoms with Crippen LogP contribution in [0.5, 0.6) is 0 Å². The summed E-state index contributed by atoms with van der Waals surface area (Å²) in [6.07, 6.45) is 2.21. The third kappa shape index (κ3) is 4.65. The topological polar surface area (TPSA) is 57.3 Å². The molecule has 1 aromatic heterocycles. The van der Waals surface area contributed by atoms with E-state index in [4.69, 9.17) is 11.6 Å². The van der Waals surface area contributed by atoms with Gasteiger partial charge in [0.1, 0.15) is 5.82 Å². The molecule has 2 rings (SSSR count). The lowest BCUT2D eigenvalue weighted by Gasteiger charge is -2.17. The second-order valence-corrected chi connectivity index (χ2v) is 5.58. The Kier molecular flexibility index (Phi) is 5.20. The zero-order valence-corrected chi connectivity index (χ0v) is 12.7. The summed E-state index contributed by atoms with van der Waals surface area (Å²) in [5.74, 6) is 0.872. The molecule has 20 heavy (non-hydrogen) atoms. The third-order valence-corrected chi connectivity index (χ3v) is 3.40. The molecule has 0 unspecified atom stereocenters. The molecule has 1 aliphatic rings. The molecule has 6 heteroatoms. The summed E-state index contributed by atoms with van der Waals surface area (Å²) >= 11 is 6.15. The number of rotatable bonds is 7. The summed E-state index contributed by atoms with van der Waals surface area (Å²) in [7, 11) is 1.89. The fourth-order valence-corrected chi connectivity index (χ4v) is 2.10. The van der Waals surface area contributed by atoms with Crippen molar-refractivity contribution in [1.82, 2.24) is 15.2 Å². The van der Waals surface area contributed by atoms with Crippen molar-refractivity contribution < 1.29 is 4.79 Å². The quantitative estimate of drug-likeness (QED) is 0.806. The number of amides is 1. The van der Waals surface area contributed by atoms with Crippen LogP contribution in [0.25, 0.3) is 0 Å². The van der Waals surface area contributed by atoms with Crippen LogP contribution in [0.15, 0.2) is 12.1 Å². The summed E-state index contributed by atoms with van der Waals surface area (Å²) in [5, 5.41) is 6.75. The molecule has 0 saturated heterocycles. The normalized spacial score (nSPS) is 14.4. The highest BCUT2D eigenvalue weighted by atomic mass is 35.5. The lowest BCUT2D eigenvalue weighted by Crippen LogP contribution is -2.36. The van der Waals surface area contributed by atoms with Gasteiger partial charge in [0, 0.05) is 19.1 Å². The Morgan fingerprint density at radius 1 is 1.50 bits per heavy atom. The van der Waals surface area contributed by atoms with Gasteiger partial charge in [-0.3, -0.25) is 9.69 Å². The van der Waals surface area contributed by atoms with Crippen molar-refractivity contribution in [3.05, 3.63) is 22.8 Å². The highest BCUT2D eigenvalue weighted by molar-refractivity contribution is 6.31. The van der Waals surface area contributed by atoms with Crippen LogP contribution in [0.3, 0.4) is 0 Å². The molecule has 2 N–H and O–H groups in total. The fourth-order valence-electron chi connectivity index (χ4n) is 1.93. The molecule has 1 fully saturated rings. The van der Waals surface area contributed by atoms with E-state index in [0.29, 0.717) is 24.2 Å². The second kappa shape index (κ2) is 6.90. The maximum absolute atomic E-state index is 11.7. The van der Waals surface area contributed by atoms with Crippen LogP contribution in [-0.2, 0) is 11.3 Å². The van der Waals surface area contributed by atoms with E-state index in [9.17, 15) is 4.79 Å². The first kappa shape index (κ1) is 15.1. The number of anilines is 1. The third-order valence-electron chi connectivity index (χ3n) is 3.05. The summed E-state index contributed by atoms with van der Waals surface area (Å²) in [6.45, 7) is 3.74. The Bertz CT molecular complexity index is 476. The Morgan fingerprint density at radius 3 is 2.90 bits per heavy atom. The van der Waals surface area contributed by atoms with E-state index in [0.717, 1.165) is 30.9 Å². The lowest BCUT2D eigenvalue weighted by molar-refractivity contribution is -0.122. The van der Waals surface area contributed by atoms with E-state index in [2.05, 4.69) is 15.6 Å². The largest absolute Gasteiger partial charge is 0.370 e. The molecule has 1 aromatic rings. The van der Waals surface area contributed by atoms with Crippen LogP contribution in [0.4, 0.5) is 5.82 Å². The van der Waals surface area contributed by atoms with Crippen molar-refractivity contribution in [2.75, 3.05) is 25.5 Å². The van der Waals surface area contributed by atoms with Crippen molar-refractivity contribution in [2.45, 2.75) is 32.4 Å². The molecule has 0 spiro atoms. The smallest absolute Gasteiger partial charge is 0.234 e. The van der Waals surface area contributed by atoms with E-state index in [1.807, 2.05) is 31.0 Å². The summed E-state index contributed by atoms with van der Waals surface area (Å²) in [5.41, 5.74) is 0.784. The van der Waals surface area contributed by atoms with Gasteiger partial charge in [0.05, 0.1) is 17.3 Å². The molecular formula is C14H21ClN4O. The SMILES string of the molecule is CCNc1ccc(Cl)c(CN(C)CC(=O)NC2CC2)n1. The molecule has 0 bridgehead atoms. The van der Waals surface area contributed by atoms with Gasteiger partial charge in [-0.05, 0) is 38.9 Å². The van der Waals surface area contributed by atoms with Crippen molar-refractivity contribution in [2.24, 2.45) is 0 Å². The van der Waals surface area contributed by atoms with Crippen molar-refractivity contribution in [3.63, 3.8) is 0 Å². The molecule has 1 aliphatic carbocycles. The van der Waals surface area contributed by atoms with Crippen LogP contribution in [0.1, 0.15) is 25.5 Å². The maximum atomic E-state index is 11.7. The fraction of sp³-hybridized carbons (Fsp3) is 0.571. The van der Waals surface area contributed by atoms with Crippen LogP contribution in [0.2, 0.25) is 5.02 Å². The van der Waals surface area contributed by atoms with Crippen LogP contribution in [0, 0.1) is 0 Å². The Hall–Kier alpha value is -1.33. The van der Waals surface area contributed by atoms with Crippen molar-refractivity contribution in [3.8, 4) is 0 Å². The monoisotopic (exact) mass is 296 g/mol. The number of likely N-dealkylation sites (N-methyl/N-ethyl adjacent to an activating group) is 1. The molecule has 1 heterocycles. The van der Waals surface area contributed by atoms with E-state index in [-0.39, 0.29) is 5.91 Å². The van der Waals surface area contributed by atoms with Crippen molar-refractivity contribution >= 4 is 23.3 Å². The van der Waals surface area contributed by atoms with Gasteiger partial charge in [0.2, 0.25) is 5.91 Å². The minimum Gasteiger partial charge on any atom is -0.370 e. The number of carbonyl (C=O) groups is 1. The summed E-state index contributed by atoms with van der Waals surface area (Å²) in [6, 6.07) is 4.09. The molecule has 5 nitrogen and oxygen atoms in total. The molecule has 1 saturated carbocycles. The zero-order chi connectivity index (χ0) is 14.5. The number of pyridine rings is 1. The molecule has 0 atom stereocenters. The standard InChI is InChI=1S/C14H21ClN4O/c1-3-16-13-7-6-11(15)12(18-13)8-19(2)9-14(20)17-10-4-5-10/h6-7,10H,3-5,8-9H2,1-2H3,(H,16,18)(H,17,20). The predicted molar refractivity (Wildman–Crippen MR) is 80.9 cm³/mol. The first-order chi connectivity index (χ1) is 9.58. The Labute approximate surface area is 124 Å². The number of hydrogen-bond donors (Lipinski definition) is 2. The molecule has 0 radical (unpaired) electrons. The van der Waals surface area contributed by atoms with Gasteiger partial charge in [-0.2, -0.15) is 0 Å². The average Bonchev–Trinajstić information content (AvgIpc) is 3.17. The molecular weight excluding hydrogens is 276 g/mol. The Morgan fingerprint density at radius 2 is 2.25 bits per heavy atom. The van der Waals surface area contributed by atoms with E-state index < -0.39 is 0 Å². The van der Waals surface area contributed by atoms with Gasteiger partial charge in [-0.15, -0.1) is 0 Å². The number of nitrogens with one attached hydrogen (secondary N) is 2. The van der Waals surface area contributed by atoms with Gasteiger partial charge < -0.3 is 10.6 Å². The average molecular weight is 297 g/mol. The maximum Gasteiger partial charge on any atom is 0.234 e. The second-order valence-electron chi connectivity index (χ2n) is 5.17. The minimum absolute atomic E-state index is 0.0639. The number of aromatic nitrogens is 1. The molecule has 0 aliphatic heterocycles. The highest BCUT2D eigenvalue weighted by Crippen LogP contribution is 2.19. The first-order valence-electron chi connectivity index (χ1n) is 6.95. The number of halogens is 1. The van der Waals surface area contributed by atoms with E-state index in [1.165, 1.54) is 0 Å². The van der Waals surface area contributed by atoms with Gasteiger partial charge >= 0.3 is 0 Å². The van der Waals surface area contributed by atoms with Crippen LogP contribution >= 0.6 is 11.6 Å². The Balaban J connectivity index is 1.90. The number of nitrogens with zero attached hydrogens (tertiary/aromatic N) is 2. The van der Waals surface area contributed by atoms with Gasteiger partial charge in [-0.25, -0.2) is 4.98 Å². The van der Waals surface area contributed by atoms with E-state index >= 15 is 0 Å². The lowest BCUT2D eigenvalue weighted by atomic mass is 10.3. The summed E-state index contributed by atoms with van der Waals surface area (Å²) < 4.78 is 0. The summed E-state index contributed by atoms with van der Waals surface area (Å²) in [4.78, 5) is 18.1. The predicted octanol–water partition coefficient (Wildman–Crippen LogP) is 1.88.